The highest BCUT2D eigenvalue weighted by molar-refractivity contribution is 5.76. The molecule has 20 heavy (non-hydrogen) atoms. The summed E-state index contributed by atoms with van der Waals surface area (Å²) in [6, 6.07) is 0. The monoisotopic (exact) mass is 282 g/mol. The van der Waals surface area contributed by atoms with Gasteiger partial charge in [-0.1, -0.05) is 40.0 Å². The SMILES string of the molecule is CC(C)C[C@H](CN)CC(=O)NCCC1CCCC(C)C1. The van der Waals surface area contributed by atoms with Crippen LogP contribution in [0.4, 0.5) is 0 Å². The van der Waals surface area contributed by atoms with Crippen LogP contribution in [-0.2, 0) is 4.79 Å². The Labute approximate surface area is 125 Å². The van der Waals surface area contributed by atoms with Gasteiger partial charge in [0, 0.05) is 13.0 Å². The molecule has 1 amide bonds. The van der Waals surface area contributed by atoms with Gasteiger partial charge in [-0.15, -0.1) is 0 Å². The lowest BCUT2D eigenvalue weighted by Crippen LogP contribution is -2.30. The fraction of sp³-hybridized carbons (Fsp3) is 0.941. The number of rotatable bonds is 8. The van der Waals surface area contributed by atoms with Gasteiger partial charge >= 0.3 is 0 Å². The molecule has 0 spiro atoms. The molecule has 0 aromatic heterocycles. The molecular weight excluding hydrogens is 248 g/mol. The average Bonchev–Trinajstić information content (AvgIpc) is 2.37. The maximum absolute atomic E-state index is 11.9. The van der Waals surface area contributed by atoms with Crippen LogP contribution in [0.2, 0.25) is 0 Å². The Morgan fingerprint density at radius 1 is 1.35 bits per heavy atom. The fourth-order valence-electron chi connectivity index (χ4n) is 3.50. The fourth-order valence-corrected chi connectivity index (χ4v) is 3.50. The molecule has 0 radical (unpaired) electrons. The normalized spacial score (nSPS) is 24.6. The van der Waals surface area contributed by atoms with Gasteiger partial charge in [0.15, 0.2) is 0 Å². The highest BCUT2D eigenvalue weighted by atomic mass is 16.1. The maximum atomic E-state index is 11.9. The first-order valence-electron chi connectivity index (χ1n) is 8.48. The number of hydrogen-bond donors (Lipinski definition) is 2. The minimum atomic E-state index is 0.185. The lowest BCUT2D eigenvalue weighted by atomic mass is 9.81. The van der Waals surface area contributed by atoms with Crippen molar-refractivity contribution in [3.05, 3.63) is 0 Å². The van der Waals surface area contributed by atoms with Gasteiger partial charge in [-0.05, 0) is 49.5 Å². The van der Waals surface area contributed by atoms with Gasteiger partial charge in [0.25, 0.3) is 0 Å². The van der Waals surface area contributed by atoms with E-state index in [4.69, 9.17) is 5.73 Å². The van der Waals surface area contributed by atoms with Crippen molar-refractivity contribution in [2.75, 3.05) is 13.1 Å². The minimum Gasteiger partial charge on any atom is -0.356 e. The molecule has 0 aromatic rings. The van der Waals surface area contributed by atoms with E-state index in [2.05, 4.69) is 26.1 Å². The van der Waals surface area contributed by atoms with E-state index in [0.717, 1.165) is 31.2 Å². The molecule has 3 nitrogen and oxygen atoms in total. The molecule has 1 rings (SSSR count). The molecule has 0 saturated heterocycles. The van der Waals surface area contributed by atoms with Crippen molar-refractivity contribution < 1.29 is 4.79 Å². The molecular formula is C17H34N2O. The summed E-state index contributed by atoms with van der Waals surface area (Å²) in [6.45, 7) is 8.18. The third-order valence-electron chi connectivity index (χ3n) is 4.53. The van der Waals surface area contributed by atoms with Crippen LogP contribution < -0.4 is 11.1 Å². The number of amides is 1. The lowest BCUT2D eigenvalue weighted by molar-refractivity contribution is -0.122. The smallest absolute Gasteiger partial charge is 0.220 e. The topological polar surface area (TPSA) is 55.1 Å². The summed E-state index contributed by atoms with van der Waals surface area (Å²) in [5, 5.41) is 3.09. The number of nitrogens with two attached hydrogens (primary N) is 1. The van der Waals surface area contributed by atoms with Gasteiger partial charge in [0.05, 0.1) is 0 Å². The van der Waals surface area contributed by atoms with E-state index in [-0.39, 0.29) is 5.91 Å². The Balaban J connectivity index is 2.15. The van der Waals surface area contributed by atoms with E-state index >= 15 is 0 Å². The van der Waals surface area contributed by atoms with Crippen molar-refractivity contribution in [3.63, 3.8) is 0 Å². The van der Waals surface area contributed by atoms with Gasteiger partial charge < -0.3 is 11.1 Å². The third-order valence-corrected chi connectivity index (χ3v) is 4.53. The second-order valence-corrected chi connectivity index (χ2v) is 7.21. The van der Waals surface area contributed by atoms with Crippen molar-refractivity contribution in [3.8, 4) is 0 Å². The first-order valence-corrected chi connectivity index (χ1v) is 8.48. The number of carbonyl (C=O) groups excluding carboxylic acids is 1. The number of hydrogen-bond acceptors (Lipinski definition) is 2. The van der Waals surface area contributed by atoms with Gasteiger partial charge in [-0.25, -0.2) is 0 Å². The van der Waals surface area contributed by atoms with Crippen LogP contribution in [0, 0.1) is 23.7 Å². The second kappa shape index (κ2) is 9.38. The molecule has 1 aliphatic carbocycles. The highest BCUT2D eigenvalue weighted by Crippen LogP contribution is 2.30. The predicted octanol–water partition coefficient (Wildman–Crippen LogP) is 3.33. The first kappa shape index (κ1) is 17.5. The van der Waals surface area contributed by atoms with E-state index < -0.39 is 0 Å². The molecule has 3 heteroatoms. The Bertz CT molecular complexity index is 278. The largest absolute Gasteiger partial charge is 0.356 e. The summed E-state index contributed by atoms with van der Waals surface area (Å²) in [5.41, 5.74) is 5.75. The molecule has 3 N–H and O–H groups in total. The van der Waals surface area contributed by atoms with E-state index in [0.29, 0.717) is 24.8 Å². The third kappa shape index (κ3) is 7.28. The molecule has 0 aliphatic heterocycles. The molecule has 1 aliphatic rings. The molecule has 0 heterocycles. The van der Waals surface area contributed by atoms with Crippen molar-refractivity contribution in [2.45, 2.75) is 65.7 Å². The maximum Gasteiger partial charge on any atom is 0.220 e. The Morgan fingerprint density at radius 3 is 2.70 bits per heavy atom. The van der Waals surface area contributed by atoms with Crippen LogP contribution in [0.3, 0.4) is 0 Å². The molecule has 3 atom stereocenters. The van der Waals surface area contributed by atoms with Crippen LogP contribution in [0.1, 0.15) is 65.7 Å². The van der Waals surface area contributed by atoms with E-state index in [1.807, 2.05) is 0 Å². The van der Waals surface area contributed by atoms with Crippen LogP contribution in [0.15, 0.2) is 0 Å². The zero-order chi connectivity index (χ0) is 15.0. The average molecular weight is 282 g/mol. The summed E-state index contributed by atoms with van der Waals surface area (Å²) < 4.78 is 0. The standard InChI is InChI=1S/C17H34N2O/c1-13(2)9-16(12-18)11-17(20)19-8-7-15-6-4-5-14(3)10-15/h13-16H,4-12,18H2,1-3H3,(H,19,20)/t14?,15?,16-/m0/s1. The highest BCUT2D eigenvalue weighted by Gasteiger charge is 2.19. The van der Waals surface area contributed by atoms with E-state index in [1.54, 1.807) is 0 Å². The summed E-state index contributed by atoms with van der Waals surface area (Å²) in [5.74, 6) is 2.83. The van der Waals surface area contributed by atoms with Crippen molar-refractivity contribution in [1.29, 1.82) is 0 Å². The number of nitrogens with one attached hydrogen (secondary N) is 1. The zero-order valence-corrected chi connectivity index (χ0v) is 13.7. The van der Waals surface area contributed by atoms with Crippen LogP contribution in [-0.4, -0.2) is 19.0 Å². The number of carbonyl (C=O) groups is 1. The Hall–Kier alpha value is -0.570. The van der Waals surface area contributed by atoms with Gasteiger partial charge in [0.1, 0.15) is 0 Å². The predicted molar refractivity (Wildman–Crippen MR) is 85.4 cm³/mol. The Morgan fingerprint density at radius 2 is 2.10 bits per heavy atom. The van der Waals surface area contributed by atoms with Crippen molar-refractivity contribution in [2.24, 2.45) is 29.4 Å². The van der Waals surface area contributed by atoms with Crippen LogP contribution in [0.5, 0.6) is 0 Å². The second-order valence-electron chi connectivity index (χ2n) is 7.21. The van der Waals surface area contributed by atoms with Crippen molar-refractivity contribution in [1.82, 2.24) is 5.32 Å². The van der Waals surface area contributed by atoms with Gasteiger partial charge in [0.2, 0.25) is 5.91 Å². The van der Waals surface area contributed by atoms with E-state index in [9.17, 15) is 4.79 Å². The zero-order valence-electron chi connectivity index (χ0n) is 13.7. The van der Waals surface area contributed by atoms with Crippen LogP contribution >= 0.6 is 0 Å². The molecule has 1 fully saturated rings. The molecule has 0 aromatic carbocycles. The summed E-state index contributed by atoms with van der Waals surface area (Å²) in [4.78, 5) is 11.9. The molecule has 2 unspecified atom stereocenters. The first-order chi connectivity index (χ1) is 9.51. The molecule has 0 bridgehead atoms. The Kier molecular flexibility index (Phi) is 8.20. The summed E-state index contributed by atoms with van der Waals surface area (Å²) in [7, 11) is 0. The van der Waals surface area contributed by atoms with Gasteiger partial charge in [-0.2, -0.15) is 0 Å². The summed E-state index contributed by atoms with van der Waals surface area (Å²) >= 11 is 0. The quantitative estimate of drug-likeness (QED) is 0.717. The van der Waals surface area contributed by atoms with Crippen LogP contribution in [0.25, 0.3) is 0 Å². The minimum absolute atomic E-state index is 0.185. The van der Waals surface area contributed by atoms with E-state index in [1.165, 1.54) is 25.7 Å². The lowest BCUT2D eigenvalue weighted by Gasteiger charge is -2.26. The van der Waals surface area contributed by atoms with Gasteiger partial charge in [-0.3, -0.25) is 4.79 Å². The molecule has 118 valence electrons. The summed E-state index contributed by atoms with van der Waals surface area (Å²) in [6.07, 6.45) is 8.22. The van der Waals surface area contributed by atoms with Crippen molar-refractivity contribution >= 4 is 5.91 Å². The molecule has 1 saturated carbocycles.